The molecule has 1 aliphatic rings. The minimum atomic E-state index is -0.942. The number of benzene rings is 1. The lowest BCUT2D eigenvalue weighted by Gasteiger charge is -2.16. The molecule has 0 aliphatic carbocycles. The predicted octanol–water partition coefficient (Wildman–Crippen LogP) is 3.07. The fourth-order valence-corrected chi connectivity index (χ4v) is 2.16. The molecule has 0 radical (unpaired) electrons. The molecule has 0 N–H and O–H groups in total. The summed E-state index contributed by atoms with van der Waals surface area (Å²) in [5, 5.41) is 15.2. The van der Waals surface area contributed by atoms with Crippen LogP contribution in [0.3, 0.4) is 0 Å². The Morgan fingerprint density at radius 2 is 2.21 bits per heavy atom. The van der Waals surface area contributed by atoms with Crippen molar-refractivity contribution in [3.05, 3.63) is 28.5 Å². The van der Waals surface area contributed by atoms with Crippen molar-refractivity contribution in [1.29, 1.82) is 0 Å². The monoisotopic (exact) mass is 264 g/mol. The van der Waals surface area contributed by atoms with E-state index in [4.69, 9.17) is 4.74 Å². The fourth-order valence-electron chi connectivity index (χ4n) is 2.16. The molecule has 0 aromatic heterocycles. The highest BCUT2D eigenvalue weighted by Crippen LogP contribution is 2.42. The van der Waals surface area contributed by atoms with Crippen LogP contribution in [0.15, 0.2) is 17.2 Å². The van der Waals surface area contributed by atoms with E-state index in [9.17, 15) is 10.0 Å². The van der Waals surface area contributed by atoms with Gasteiger partial charge in [0.05, 0.1) is 7.11 Å². The van der Waals surface area contributed by atoms with E-state index in [1.165, 1.54) is 7.11 Å². The number of hydrogen-bond donors (Lipinski definition) is 0. The molecule has 6 heteroatoms. The van der Waals surface area contributed by atoms with Crippen LogP contribution in [0.4, 0.5) is 10.5 Å². The van der Waals surface area contributed by atoms with Gasteiger partial charge in [-0.05, 0) is 31.2 Å². The Kier molecular flexibility index (Phi) is 3.18. The molecule has 19 heavy (non-hydrogen) atoms. The van der Waals surface area contributed by atoms with Crippen LogP contribution in [0.5, 0.6) is 5.75 Å². The molecule has 0 spiro atoms. The first-order valence-corrected chi connectivity index (χ1v) is 5.92. The van der Waals surface area contributed by atoms with Crippen molar-refractivity contribution in [3.8, 4) is 5.75 Å². The van der Waals surface area contributed by atoms with Crippen molar-refractivity contribution in [2.24, 2.45) is 5.11 Å². The number of amides is 1. The summed E-state index contributed by atoms with van der Waals surface area (Å²) in [5.74, 6) is 0.484. The molecule has 102 valence electrons. The van der Waals surface area contributed by atoms with E-state index in [-0.39, 0.29) is 16.1 Å². The Morgan fingerprint density at radius 1 is 1.53 bits per heavy atom. The molecular formula is C13H16N2O4. The summed E-state index contributed by atoms with van der Waals surface area (Å²) < 4.78 is 10.1. The van der Waals surface area contributed by atoms with Crippen LogP contribution in [-0.2, 0) is 11.2 Å². The Bertz CT molecular complexity index is 564. The van der Waals surface area contributed by atoms with Gasteiger partial charge in [-0.2, -0.15) is 0 Å². The van der Waals surface area contributed by atoms with Crippen molar-refractivity contribution in [2.45, 2.75) is 32.8 Å². The van der Waals surface area contributed by atoms with Crippen LogP contribution < -0.4 is 4.74 Å². The van der Waals surface area contributed by atoms with Gasteiger partial charge in [0, 0.05) is 18.1 Å². The highest BCUT2D eigenvalue weighted by Gasteiger charge is 2.35. The third kappa shape index (κ3) is 2.67. The van der Waals surface area contributed by atoms with E-state index in [2.05, 4.69) is 9.85 Å². The minimum Gasteiger partial charge on any atom is -0.594 e. The molecule has 1 amide bonds. The average Bonchev–Trinajstić information content (AvgIpc) is 2.61. The molecule has 1 aromatic carbocycles. The van der Waals surface area contributed by atoms with E-state index in [0.717, 1.165) is 11.1 Å². The van der Waals surface area contributed by atoms with Gasteiger partial charge in [-0.15, -0.1) is 0 Å². The van der Waals surface area contributed by atoms with E-state index < -0.39 is 6.09 Å². The topological polar surface area (TPSA) is 74.0 Å². The van der Waals surface area contributed by atoms with Crippen LogP contribution in [0.1, 0.15) is 25.0 Å². The first kappa shape index (κ1) is 13.3. The number of carbonyl (C=O) groups excluding carboxylic acids is 1. The Labute approximate surface area is 111 Å². The lowest BCUT2D eigenvalue weighted by molar-refractivity contribution is -0.436. The van der Waals surface area contributed by atoms with Gasteiger partial charge in [0.15, 0.2) is 5.75 Å². The van der Waals surface area contributed by atoms with Gasteiger partial charge in [0.25, 0.3) is 5.69 Å². The molecule has 0 saturated heterocycles. The summed E-state index contributed by atoms with van der Waals surface area (Å²) in [6, 6.07) is 3.61. The van der Waals surface area contributed by atoms with Crippen LogP contribution >= 0.6 is 0 Å². The predicted molar refractivity (Wildman–Crippen MR) is 67.7 cm³/mol. The first-order valence-electron chi connectivity index (χ1n) is 5.92. The van der Waals surface area contributed by atoms with Gasteiger partial charge in [0.2, 0.25) is 0 Å². The average molecular weight is 264 g/mol. The Balaban J connectivity index is 2.49. The van der Waals surface area contributed by atoms with Gasteiger partial charge >= 0.3 is 6.09 Å². The van der Waals surface area contributed by atoms with Gasteiger partial charge in [-0.25, -0.2) is 4.79 Å². The number of aryl methyl sites for hydroxylation is 1. The highest BCUT2D eigenvalue weighted by atomic mass is 16.6. The first-order chi connectivity index (χ1) is 8.82. The molecule has 0 bridgehead atoms. The summed E-state index contributed by atoms with van der Waals surface area (Å²) in [6.07, 6.45) is -0.231. The zero-order valence-electron chi connectivity index (χ0n) is 11.4. The van der Waals surface area contributed by atoms with Crippen molar-refractivity contribution in [3.63, 3.8) is 0 Å². The molecule has 0 fully saturated rings. The number of hydrogen-bond acceptors (Lipinski definition) is 4. The number of fused-ring (bicyclic) bond motifs is 1. The van der Waals surface area contributed by atoms with Crippen LogP contribution in [0, 0.1) is 12.1 Å². The van der Waals surface area contributed by atoms with Crippen molar-refractivity contribution in [2.75, 3.05) is 7.11 Å². The standard InChI is InChI=1S/C13H16N2O4/c1-8-5-9-7-13(2,3)19-11(9)10(6-8)15(17)14-12(16)18-4/h5-6H,7H2,1-4H3/b15-14-. The molecular weight excluding hydrogens is 248 g/mol. The summed E-state index contributed by atoms with van der Waals surface area (Å²) >= 11 is 0. The van der Waals surface area contributed by atoms with E-state index >= 15 is 0 Å². The maximum atomic E-state index is 11.9. The molecule has 0 atom stereocenters. The minimum absolute atomic E-state index is 0.228. The number of ether oxygens (including phenoxy) is 2. The third-order valence-electron chi connectivity index (χ3n) is 2.84. The summed E-state index contributed by atoms with van der Waals surface area (Å²) in [6.45, 7) is 5.76. The van der Waals surface area contributed by atoms with Gasteiger partial charge < -0.3 is 14.7 Å². The second kappa shape index (κ2) is 4.53. The number of carbonyl (C=O) groups is 1. The maximum Gasteiger partial charge on any atom is 0.491 e. The van der Waals surface area contributed by atoms with E-state index in [1.807, 2.05) is 26.8 Å². The smallest absolute Gasteiger partial charge is 0.491 e. The molecule has 1 heterocycles. The summed E-state index contributed by atoms with van der Waals surface area (Å²) in [4.78, 5) is 11.3. The van der Waals surface area contributed by atoms with Crippen LogP contribution in [0.25, 0.3) is 0 Å². The largest absolute Gasteiger partial charge is 0.594 e. The lowest BCUT2D eigenvalue weighted by atomic mass is 10.00. The van der Waals surface area contributed by atoms with Gasteiger partial charge in [0.1, 0.15) is 10.7 Å². The normalized spacial score (nSPS) is 16.7. The molecule has 0 unspecified atom stereocenters. The summed E-state index contributed by atoms with van der Waals surface area (Å²) in [7, 11) is 1.17. The number of rotatable bonds is 1. The number of nitrogens with zero attached hydrogens (tertiary/aromatic N) is 2. The fraction of sp³-hybridized carbons (Fsp3) is 0.462. The van der Waals surface area contributed by atoms with Crippen molar-refractivity contribution >= 4 is 11.8 Å². The SMILES string of the molecule is COC(=O)/N=[N+](\[O-])c1cc(C)cc2c1OC(C)(C)C2. The third-order valence-corrected chi connectivity index (χ3v) is 2.84. The zero-order valence-corrected chi connectivity index (χ0v) is 11.4. The Hall–Kier alpha value is -2.11. The maximum absolute atomic E-state index is 11.9. The quantitative estimate of drug-likeness (QED) is 0.444. The molecule has 1 aromatic rings. The van der Waals surface area contributed by atoms with E-state index in [0.29, 0.717) is 12.2 Å². The van der Waals surface area contributed by atoms with Crippen LogP contribution in [0.2, 0.25) is 0 Å². The van der Waals surface area contributed by atoms with Crippen molar-refractivity contribution < 1.29 is 19.1 Å². The Morgan fingerprint density at radius 3 is 2.84 bits per heavy atom. The van der Waals surface area contributed by atoms with E-state index in [1.54, 1.807) is 6.07 Å². The number of methoxy groups -OCH3 is 1. The number of azo groups is 1. The van der Waals surface area contributed by atoms with Gasteiger partial charge in [-0.1, -0.05) is 6.07 Å². The second-order valence-electron chi connectivity index (χ2n) is 5.15. The molecule has 1 aliphatic heterocycles. The van der Waals surface area contributed by atoms with Gasteiger partial charge in [-0.3, -0.25) is 0 Å². The molecule has 0 saturated carbocycles. The molecule has 6 nitrogen and oxygen atoms in total. The zero-order chi connectivity index (χ0) is 14.2. The lowest BCUT2D eigenvalue weighted by Crippen LogP contribution is -2.24. The van der Waals surface area contributed by atoms with Crippen LogP contribution in [-0.4, -0.2) is 23.7 Å². The second-order valence-corrected chi connectivity index (χ2v) is 5.15. The highest BCUT2D eigenvalue weighted by molar-refractivity contribution is 5.67. The van der Waals surface area contributed by atoms with Crippen molar-refractivity contribution in [1.82, 2.24) is 0 Å². The summed E-state index contributed by atoms with van der Waals surface area (Å²) in [5.41, 5.74) is 1.72. The molecule has 2 rings (SSSR count).